The Hall–Kier alpha value is -2.75. The van der Waals surface area contributed by atoms with Crippen molar-refractivity contribution in [1.29, 1.82) is 0 Å². The van der Waals surface area contributed by atoms with Crippen LogP contribution in [0.5, 0.6) is 0 Å². The lowest BCUT2D eigenvalue weighted by molar-refractivity contribution is 0.0527. The molecule has 3 aromatic heterocycles. The number of aryl methyl sites for hydroxylation is 3. The van der Waals surface area contributed by atoms with Crippen molar-refractivity contribution in [3.8, 4) is 0 Å². The fraction of sp³-hybridized carbons (Fsp3) is 0.526. The second kappa shape index (κ2) is 7.94. The van der Waals surface area contributed by atoms with Crippen LogP contribution in [0.25, 0.3) is 11.0 Å². The van der Waals surface area contributed by atoms with Crippen LogP contribution in [-0.2, 0) is 11.8 Å². The van der Waals surface area contributed by atoms with Gasteiger partial charge in [-0.2, -0.15) is 9.47 Å². The second-order valence-electron chi connectivity index (χ2n) is 7.10. The number of hydrogen-bond donors (Lipinski definition) is 0. The van der Waals surface area contributed by atoms with E-state index < -0.39 is 0 Å². The Morgan fingerprint density at radius 2 is 1.97 bits per heavy atom. The molecule has 0 bridgehead atoms. The molecule has 1 aliphatic rings. The van der Waals surface area contributed by atoms with Crippen LogP contribution in [0.1, 0.15) is 35.2 Å². The molecule has 0 spiro atoms. The third-order valence-corrected chi connectivity index (χ3v) is 5.96. The molecule has 3 aromatic rings. The van der Waals surface area contributed by atoms with Crippen molar-refractivity contribution in [3.05, 3.63) is 23.3 Å². The molecule has 4 heterocycles. The minimum absolute atomic E-state index is 0.326. The summed E-state index contributed by atoms with van der Waals surface area (Å²) in [5, 5.41) is 6.40. The van der Waals surface area contributed by atoms with Crippen LogP contribution in [0.4, 0.5) is 10.8 Å². The SMILES string of the molecule is CCOC(=O)c1cnc2c(c(C)nn2C)c1N1CCCN(c2nc(C)ns2)CC1. The van der Waals surface area contributed by atoms with Crippen molar-refractivity contribution < 1.29 is 9.53 Å². The molecule has 0 aromatic carbocycles. The van der Waals surface area contributed by atoms with Gasteiger partial charge in [0.25, 0.3) is 0 Å². The van der Waals surface area contributed by atoms with E-state index in [9.17, 15) is 4.79 Å². The average molecular weight is 416 g/mol. The average Bonchev–Trinajstić information content (AvgIpc) is 3.15. The standard InChI is InChI=1S/C19H25N7O2S/c1-5-28-18(27)14-11-20-17-15(12(2)22-24(17)4)16(14)25-7-6-8-26(10-9-25)19-21-13(3)23-29-19/h11H,5-10H2,1-4H3. The quantitative estimate of drug-likeness (QED) is 0.600. The minimum atomic E-state index is -0.346. The molecule has 4 rings (SSSR count). The highest BCUT2D eigenvalue weighted by Crippen LogP contribution is 2.33. The van der Waals surface area contributed by atoms with Crippen molar-refractivity contribution in [2.24, 2.45) is 7.05 Å². The molecule has 29 heavy (non-hydrogen) atoms. The molecule has 0 amide bonds. The third-order valence-electron chi connectivity index (χ3n) is 5.09. The maximum absolute atomic E-state index is 12.7. The lowest BCUT2D eigenvalue weighted by Gasteiger charge is -2.26. The number of carbonyl (C=O) groups is 1. The van der Waals surface area contributed by atoms with Crippen molar-refractivity contribution in [2.75, 3.05) is 42.6 Å². The van der Waals surface area contributed by atoms with Gasteiger partial charge in [-0.25, -0.2) is 14.8 Å². The molecule has 0 aliphatic carbocycles. The first kappa shape index (κ1) is 19.6. The van der Waals surface area contributed by atoms with Gasteiger partial charge >= 0.3 is 5.97 Å². The van der Waals surface area contributed by atoms with Crippen LogP contribution in [0.2, 0.25) is 0 Å². The molecule has 1 fully saturated rings. The number of anilines is 2. The molecule has 0 atom stereocenters. The number of rotatable bonds is 4. The van der Waals surface area contributed by atoms with Gasteiger partial charge in [0.2, 0.25) is 5.13 Å². The minimum Gasteiger partial charge on any atom is -0.462 e. The summed E-state index contributed by atoms with van der Waals surface area (Å²) in [6, 6.07) is 0. The summed E-state index contributed by atoms with van der Waals surface area (Å²) < 4.78 is 11.4. The normalized spacial score (nSPS) is 15.0. The van der Waals surface area contributed by atoms with Gasteiger partial charge < -0.3 is 14.5 Å². The van der Waals surface area contributed by atoms with Gasteiger partial charge in [-0.1, -0.05) is 0 Å². The summed E-state index contributed by atoms with van der Waals surface area (Å²) in [6.45, 7) is 9.30. The Morgan fingerprint density at radius 3 is 2.69 bits per heavy atom. The first-order chi connectivity index (χ1) is 14.0. The molecule has 9 nitrogen and oxygen atoms in total. The Morgan fingerprint density at radius 1 is 1.21 bits per heavy atom. The lowest BCUT2D eigenvalue weighted by atomic mass is 10.1. The molecule has 154 valence electrons. The predicted octanol–water partition coefficient (Wildman–Crippen LogP) is 2.33. The first-order valence-corrected chi connectivity index (χ1v) is 10.6. The van der Waals surface area contributed by atoms with Gasteiger partial charge in [-0.05, 0) is 27.2 Å². The van der Waals surface area contributed by atoms with E-state index in [1.807, 2.05) is 27.8 Å². The van der Waals surface area contributed by atoms with E-state index in [0.29, 0.717) is 12.2 Å². The zero-order valence-corrected chi connectivity index (χ0v) is 18.0. The zero-order valence-electron chi connectivity index (χ0n) is 17.2. The summed E-state index contributed by atoms with van der Waals surface area (Å²) in [5.41, 5.74) is 2.99. The van der Waals surface area contributed by atoms with Crippen LogP contribution >= 0.6 is 11.5 Å². The van der Waals surface area contributed by atoms with Crippen LogP contribution in [-0.4, -0.2) is 62.9 Å². The molecular formula is C19H25N7O2S. The van der Waals surface area contributed by atoms with E-state index in [4.69, 9.17) is 4.74 Å². The molecule has 0 N–H and O–H groups in total. The highest BCUT2D eigenvalue weighted by atomic mass is 32.1. The van der Waals surface area contributed by atoms with Gasteiger partial charge in [0, 0.05) is 51.0 Å². The maximum atomic E-state index is 12.7. The van der Waals surface area contributed by atoms with Crippen molar-refractivity contribution in [3.63, 3.8) is 0 Å². The van der Waals surface area contributed by atoms with E-state index in [-0.39, 0.29) is 5.97 Å². The molecule has 0 saturated carbocycles. The number of aromatic nitrogens is 5. The fourth-order valence-electron chi connectivity index (χ4n) is 3.83. The second-order valence-corrected chi connectivity index (χ2v) is 7.83. The van der Waals surface area contributed by atoms with Gasteiger partial charge in [0.15, 0.2) is 5.65 Å². The van der Waals surface area contributed by atoms with Crippen molar-refractivity contribution in [2.45, 2.75) is 27.2 Å². The van der Waals surface area contributed by atoms with Crippen LogP contribution < -0.4 is 9.80 Å². The summed E-state index contributed by atoms with van der Waals surface area (Å²) in [4.78, 5) is 26.3. The van der Waals surface area contributed by atoms with Crippen molar-refractivity contribution >= 4 is 39.4 Å². The van der Waals surface area contributed by atoms with E-state index in [1.54, 1.807) is 10.9 Å². The zero-order chi connectivity index (χ0) is 20.5. The number of ether oxygens (including phenoxy) is 1. The van der Waals surface area contributed by atoms with Gasteiger partial charge in [-0.3, -0.25) is 4.68 Å². The first-order valence-electron chi connectivity index (χ1n) is 9.79. The number of fused-ring (bicyclic) bond motifs is 1. The molecule has 0 radical (unpaired) electrons. The van der Waals surface area contributed by atoms with Crippen LogP contribution in [0.15, 0.2) is 6.20 Å². The smallest absolute Gasteiger partial charge is 0.341 e. The number of pyridine rings is 1. The number of hydrogen-bond acceptors (Lipinski definition) is 9. The molecule has 0 unspecified atom stereocenters. The summed E-state index contributed by atoms with van der Waals surface area (Å²) in [7, 11) is 1.87. The number of nitrogens with zero attached hydrogens (tertiary/aromatic N) is 7. The Bertz CT molecular complexity index is 1040. The van der Waals surface area contributed by atoms with E-state index in [0.717, 1.165) is 66.0 Å². The van der Waals surface area contributed by atoms with Gasteiger partial charge in [0.05, 0.1) is 23.4 Å². The van der Waals surface area contributed by atoms with Gasteiger partial charge in [-0.15, -0.1) is 0 Å². The van der Waals surface area contributed by atoms with Gasteiger partial charge in [0.1, 0.15) is 11.4 Å². The van der Waals surface area contributed by atoms with E-state index >= 15 is 0 Å². The highest BCUT2D eigenvalue weighted by Gasteiger charge is 2.27. The third kappa shape index (κ3) is 3.64. The van der Waals surface area contributed by atoms with Crippen LogP contribution in [0, 0.1) is 13.8 Å². The Kier molecular flexibility index (Phi) is 5.35. The summed E-state index contributed by atoms with van der Waals surface area (Å²) >= 11 is 1.43. The topological polar surface area (TPSA) is 89.3 Å². The predicted molar refractivity (Wildman–Crippen MR) is 113 cm³/mol. The molecule has 1 aliphatic heterocycles. The largest absolute Gasteiger partial charge is 0.462 e. The summed E-state index contributed by atoms with van der Waals surface area (Å²) in [6.07, 6.45) is 2.57. The molecule has 1 saturated heterocycles. The monoisotopic (exact) mass is 415 g/mol. The fourth-order valence-corrected chi connectivity index (χ4v) is 4.55. The maximum Gasteiger partial charge on any atom is 0.341 e. The highest BCUT2D eigenvalue weighted by molar-refractivity contribution is 7.09. The number of esters is 1. The van der Waals surface area contributed by atoms with Crippen LogP contribution in [0.3, 0.4) is 0 Å². The Labute approximate surface area is 173 Å². The van der Waals surface area contributed by atoms with E-state index in [2.05, 4.69) is 29.2 Å². The lowest BCUT2D eigenvalue weighted by Crippen LogP contribution is -2.32. The van der Waals surface area contributed by atoms with Crippen molar-refractivity contribution in [1.82, 2.24) is 24.1 Å². The summed E-state index contributed by atoms with van der Waals surface area (Å²) in [5.74, 6) is 0.457. The van der Waals surface area contributed by atoms with E-state index in [1.165, 1.54) is 11.5 Å². The molecule has 10 heteroatoms. The molecular weight excluding hydrogens is 390 g/mol. The Balaban J connectivity index is 1.73. The number of carbonyl (C=O) groups excluding carboxylic acids is 1.